The van der Waals surface area contributed by atoms with E-state index in [0.29, 0.717) is 12.5 Å². The highest BCUT2D eigenvalue weighted by molar-refractivity contribution is 5.79. The lowest BCUT2D eigenvalue weighted by molar-refractivity contribution is 0.679. The number of hydrogen-bond donors (Lipinski definition) is 3. The molecule has 0 spiro atoms. The Morgan fingerprint density at radius 3 is 2.94 bits per heavy atom. The standard InChI is InChI=1S/C9H19N7/c1-4-16-6-12-15-8(16)5-11-9(14-10)13-7(2)3/h6-7H,4-5,10H2,1-3H3,(H2,11,13,14). The van der Waals surface area contributed by atoms with Gasteiger partial charge in [0.1, 0.15) is 12.9 Å². The molecule has 1 heterocycles. The van der Waals surface area contributed by atoms with Crippen molar-refractivity contribution in [3.05, 3.63) is 12.2 Å². The van der Waals surface area contributed by atoms with Crippen LogP contribution >= 0.6 is 0 Å². The molecule has 0 fully saturated rings. The Morgan fingerprint density at radius 1 is 1.62 bits per heavy atom. The van der Waals surface area contributed by atoms with Gasteiger partial charge in [-0.3, -0.25) is 5.43 Å². The minimum absolute atomic E-state index is 0.277. The number of rotatable bonds is 4. The van der Waals surface area contributed by atoms with E-state index in [9.17, 15) is 0 Å². The minimum atomic E-state index is 0.277. The summed E-state index contributed by atoms with van der Waals surface area (Å²) >= 11 is 0. The lowest BCUT2D eigenvalue weighted by Crippen LogP contribution is -2.44. The molecule has 4 N–H and O–H groups in total. The van der Waals surface area contributed by atoms with Crippen molar-refractivity contribution < 1.29 is 0 Å². The first-order valence-corrected chi connectivity index (χ1v) is 5.31. The minimum Gasteiger partial charge on any atom is -0.353 e. The van der Waals surface area contributed by atoms with Gasteiger partial charge in [0, 0.05) is 12.6 Å². The molecule has 7 heteroatoms. The lowest BCUT2D eigenvalue weighted by Gasteiger charge is -2.11. The molecule has 0 aliphatic heterocycles. The fraction of sp³-hybridized carbons (Fsp3) is 0.667. The van der Waals surface area contributed by atoms with Gasteiger partial charge in [-0.1, -0.05) is 0 Å². The van der Waals surface area contributed by atoms with Crippen molar-refractivity contribution in [3.63, 3.8) is 0 Å². The van der Waals surface area contributed by atoms with E-state index in [0.717, 1.165) is 12.4 Å². The lowest BCUT2D eigenvalue weighted by atomic mass is 10.4. The third kappa shape index (κ3) is 3.50. The van der Waals surface area contributed by atoms with Crippen molar-refractivity contribution in [2.45, 2.75) is 39.9 Å². The van der Waals surface area contributed by atoms with Gasteiger partial charge in [-0.25, -0.2) is 10.8 Å². The predicted octanol–water partition coefficient (Wildman–Crippen LogP) is -0.385. The molecule has 0 radical (unpaired) electrons. The molecule has 0 unspecified atom stereocenters. The molecule has 0 aromatic carbocycles. The van der Waals surface area contributed by atoms with Crippen LogP contribution in [-0.2, 0) is 13.1 Å². The number of guanidine groups is 1. The molecule has 1 rings (SSSR count). The van der Waals surface area contributed by atoms with Crippen LogP contribution in [0.5, 0.6) is 0 Å². The zero-order chi connectivity index (χ0) is 12.0. The number of aliphatic imine (C=N–C) groups is 1. The monoisotopic (exact) mass is 225 g/mol. The molecule has 0 atom stereocenters. The van der Waals surface area contributed by atoms with Gasteiger partial charge in [0.15, 0.2) is 5.82 Å². The Kier molecular flexibility index (Phi) is 4.71. The largest absolute Gasteiger partial charge is 0.353 e. The predicted molar refractivity (Wildman–Crippen MR) is 62.4 cm³/mol. The summed E-state index contributed by atoms with van der Waals surface area (Å²) in [6.07, 6.45) is 1.69. The van der Waals surface area contributed by atoms with Crippen LogP contribution < -0.4 is 16.6 Å². The number of nitrogens with one attached hydrogen (secondary N) is 2. The molecule has 7 nitrogen and oxygen atoms in total. The summed E-state index contributed by atoms with van der Waals surface area (Å²) < 4.78 is 1.94. The van der Waals surface area contributed by atoms with E-state index in [4.69, 9.17) is 5.84 Å². The second kappa shape index (κ2) is 6.06. The molecule has 0 bridgehead atoms. The van der Waals surface area contributed by atoms with Crippen LogP contribution in [0, 0.1) is 0 Å². The molecule has 1 aromatic heterocycles. The van der Waals surface area contributed by atoms with Crippen LogP contribution in [0.3, 0.4) is 0 Å². The van der Waals surface area contributed by atoms with Crippen molar-refractivity contribution >= 4 is 5.96 Å². The molecule has 90 valence electrons. The van der Waals surface area contributed by atoms with E-state index in [1.54, 1.807) is 6.33 Å². The summed E-state index contributed by atoms with van der Waals surface area (Å²) in [6.45, 7) is 7.35. The third-order valence-corrected chi connectivity index (χ3v) is 1.98. The van der Waals surface area contributed by atoms with Crippen molar-refractivity contribution in [2.24, 2.45) is 10.8 Å². The highest BCUT2D eigenvalue weighted by Crippen LogP contribution is 1.96. The average molecular weight is 225 g/mol. The molecular weight excluding hydrogens is 206 g/mol. The number of aryl methyl sites for hydroxylation is 1. The Morgan fingerprint density at radius 2 is 2.38 bits per heavy atom. The van der Waals surface area contributed by atoms with Gasteiger partial charge in [0.05, 0.1) is 0 Å². The van der Waals surface area contributed by atoms with E-state index in [1.165, 1.54) is 0 Å². The van der Waals surface area contributed by atoms with Gasteiger partial charge < -0.3 is 9.88 Å². The molecule has 0 amide bonds. The smallest absolute Gasteiger partial charge is 0.206 e. The fourth-order valence-electron chi connectivity index (χ4n) is 1.22. The molecule has 0 aliphatic rings. The van der Waals surface area contributed by atoms with E-state index in [2.05, 4.69) is 25.9 Å². The van der Waals surface area contributed by atoms with Gasteiger partial charge in [-0.05, 0) is 20.8 Å². The van der Waals surface area contributed by atoms with Gasteiger partial charge in [-0.2, -0.15) is 0 Å². The second-order valence-electron chi connectivity index (χ2n) is 3.64. The van der Waals surface area contributed by atoms with Gasteiger partial charge in [-0.15, -0.1) is 10.2 Å². The van der Waals surface area contributed by atoms with E-state index >= 15 is 0 Å². The number of hydrazine groups is 1. The molecular formula is C9H19N7. The Balaban J connectivity index is 2.62. The zero-order valence-corrected chi connectivity index (χ0v) is 9.94. The molecule has 0 aliphatic carbocycles. The normalized spacial score (nSPS) is 11.9. The summed E-state index contributed by atoms with van der Waals surface area (Å²) in [7, 11) is 0. The van der Waals surface area contributed by atoms with Crippen molar-refractivity contribution in [1.29, 1.82) is 0 Å². The zero-order valence-electron chi connectivity index (χ0n) is 9.94. The molecule has 0 saturated heterocycles. The van der Waals surface area contributed by atoms with Crippen LogP contribution in [0.25, 0.3) is 0 Å². The number of nitrogens with two attached hydrogens (primary N) is 1. The fourth-order valence-corrected chi connectivity index (χ4v) is 1.22. The third-order valence-electron chi connectivity index (χ3n) is 1.98. The van der Waals surface area contributed by atoms with Crippen LogP contribution in [0.2, 0.25) is 0 Å². The quantitative estimate of drug-likeness (QED) is 0.281. The van der Waals surface area contributed by atoms with Gasteiger partial charge in [0.25, 0.3) is 0 Å². The number of hydrogen-bond acceptors (Lipinski definition) is 4. The first-order chi connectivity index (χ1) is 7.67. The Bertz CT molecular complexity index is 341. The highest BCUT2D eigenvalue weighted by atomic mass is 15.3. The first kappa shape index (κ1) is 12.4. The highest BCUT2D eigenvalue weighted by Gasteiger charge is 2.03. The molecule has 16 heavy (non-hydrogen) atoms. The maximum absolute atomic E-state index is 5.34. The van der Waals surface area contributed by atoms with Crippen molar-refractivity contribution in [2.75, 3.05) is 0 Å². The molecule has 0 saturated carbocycles. The summed E-state index contributed by atoms with van der Waals surface area (Å²) in [5.41, 5.74) is 2.51. The average Bonchev–Trinajstić information content (AvgIpc) is 2.70. The SMILES string of the molecule is CCn1cnnc1CN=C(NN)NC(C)C. The first-order valence-electron chi connectivity index (χ1n) is 5.31. The van der Waals surface area contributed by atoms with Crippen molar-refractivity contribution in [1.82, 2.24) is 25.5 Å². The Hall–Kier alpha value is -1.63. The maximum atomic E-state index is 5.34. The van der Waals surface area contributed by atoms with Crippen LogP contribution in [0.1, 0.15) is 26.6 Å². The van der Waals surface area contributed by atoms with Crippen LogP contribution in [-0.4, -0.2) is 26.8 Å². The van der Waals surface area contributed by atoms with Crippen molar-refractivity contribution in [3.8, 4) is 0 Å². The summed E-state index contributed by atoms with van der Waals surface area (Å²) in [6, 6.07) is 0.277. The second-order valence-corrected chi connectivity index (χ2v) is 3.64. The van der Waals surface area contributed by atoms with Crippen LogP contribution in [0.15, 0.2) is 11.3 Å². The Labute approximate surface area is 95.1 Å². The van der Waals surface area contributed by atoms with Crippen LogP contribution in [0.4, 0.5) is 0 Å². The number of aromatic nitrogens is 3. The molecule has 1 aromatic rings. The van der Waals surface area contributed by atoms with E-state index < -0.39 is 0 Å². The number of nitrogens with zero attached hydrogens (tertiary/aromatic N) is 4. The topological polar surface area (TPSA) is 93.2 Å². The maximum Gasteiger partial charge on any atom is 0.206 e. The summed E-state index contributed by atoms with van der Waals surface area (Å²) in [4.78, 5) is 4.28. The summed E-state index contributed by atoms with van der Waals surface area (Å²) in [5.74, 6) is 6.72. The van der Waals surface area contributed by atoms with E-state index in [-0.39, 0.29) is 6.04 Å². The van der Waals surface area contributed by atoms with E-state index in [1.807, 2.05) is 25.3 Å². The summed E-state index contributed by atoms with van der Waals surface area (Å²) in [5, 5.41) is 10.9. The van der Waals surface area contributed by atoms with Gasteiger partial charge >= 0.3 is 0 Å². The van der Waals surface area contributed by atoms with Gasteiger partial charge in [0.2, 0.25) is 5.96 Å².